The molecule has 1 radical (unpaired) electrons. The van der Waals surface area contributed by atoms with Crippen LogP contribution in [0.3, 0.4) is 0 Å². The average molecular weight is 367 g/mol. The molecule has 141 valence electrons. The van der Waals surface area contributed by atoms with Crippen molar-refractivity contribution in [2.24, 2.45) is 0 Å². The third-order valence-electron chi connectivity index (χ3n) is 5.32. The first-order chi connectivity index (χ1) is 13.2. The van der Waals surface area contributed by atoms with Gasteiger partial charge in [-0.15, -0.1) is 0 Å². The van der Waals surface area contributed by atoms with Crippen molar-refractivity contribution in [2.75, 3.05) is 26.2 Å². The molecule has 1 aliphatic heterocycles. The zero-order valence-corrected chi connectivity index (χ0v) is 15.6. The Morgan fingerprint density at radius 2 is 2.15 bits per heavy atom. The predicted molar refractivity (Wildman–Crippen MR) is 103 cm³/mol. The number of rotatable bonds is 6. The van der Waals surface area contributed by atoms with Crippen LogP contribution in [0.5, 0.6) is 5.75 Å². The largest absolute Gasteiger partial charge is 0.493 e. The lowest BCUT2D eigenvalue weighted by Gasteiger charge is -2.30. The van der Waals surface area contributed by atoms with Gasteiger partial charge in [0.25, 0.3) is 0 Å². The lowest BCUT2D eigenvalue weighted by atomic mass is 9.92. The highest BCUT2D eigenvalue weighted by atomic mass is 19.1. The van der Waals surface area contributed by atoms with Crippen LogP contribution in [0.2, 0.25) is 0 Å². The summed E-state index contributed by atoms with van der Waals surface area (Å²) >= 11 is 0. The van der Waals surface area contributed by atoms with Crippen LogP contribution in [0.15, 0.2) is 40.9 Å². The van der Waals surface area contributed by atoms with Gasteiger partial charge in [0.15, 0.2) is 0 Å². The van der Waals surface area contributed by atoms with Crippen molar-refractivity contribution in [3.63, 3.8) is 0 Å². The van der Waals surface area contributed by atoms with E-state index in [-0.39, 0.29) is 5.82 Å². The van der Waals surface area contributed by atoms with Gasteiger partial charge in [0.2, 0.25) is 0 Å². The molecule has 0 aliphatic carbocycles. The molecule has 0 spiro atoms. The number of aromatic nitrogens is 1. The molecular weight excluding hydrogens is 343 g/mol. The number of nitrogens with zero attached hydrogens (tertiary/aromatic N) is 2. The molecule has 3 aromatic rings. The Kier molecular flexibility index (Phi) is 5.39. The van der Waals surface area contributed by atoms with Gasteiger partial charge in [-0.2, -0.15) is 0 Å². The number of hydrogen-bond acceptors (Lipinski definition) is 4. The van der Waals surface area contributed by atoms with Crippen molar-refractivity contribution in [1.29, 1.82) is 0 Å². The molecule has 0 bridgehead atoms. The number of ether oxygens (including phenoxy) is 1. The highest BCUT2D eigenvalue weighted by molar-refractivity contribution is 5.80. The van der Waals surface area contributed by atoms with Gasteiger partial charge in [-0.1, -0.05) is 11.2 Å². The molecule has 1 aromatic heterocycles. The number of aryl methyl sites for hydroxylation is 1. The van der Waals surface area contributed by atoms with E-state index in [1.165, 1.54) is 12.1 Å². The van der Waals surface area contributed by atoms with E-state index in [1.807, 2.05) is 25.1 Å². The maximum Gasteiger partial charge on any atom is 0.147 e. The van der Waals surface area contributed by atoms with Crippen LogP contribution in [0.25, 0.3) is 10.9 Å². The maximum absolute atomic E-state index is 13.3. The van der Waals surface area contributed by atoms with Gasteiger partial charge in [0.1, 0.15) is 22.8 Å². The van der Waals surface area contributed by atoms with E-state index in [0.717, 1.165) is 68.0 Å². The van der Waals surface area contributed by atoms with Crippen LogP contribution in [0.4, 0.5) is 4.39 Å². The smallest absolute Gasteiger partial charge is 0.147 e. The normalized spacial score (nSPS) is 16.1. The predicted octanol–water partition coefficient (Wildman–Crippen LogP) is 4.72. The average Bonchev–Trinajstić information content (AvgIpc) is 3.10. The van der Waals surface area contributed by atoms with Crippen LogP contribution in [-0.2, 0) is 0 Å². The first kappa shape index (κ1) is 18.0. The summed E-state index contributed by atoms with van der Waals surface area (Å²) in [7, 11) is 0. The number of fused-ring (bicyclic) bond motifs is 1. The van der Waals surface area contributed by atoms with Crippen LogP contribution in [0.1, 0.15) is 36.5 Å². The molecule has 4 nitrogen and oxygen atoms in total. The van der Waals surface area contributed by atoms with E-state index in [9.17, 15) is 4.39 Å². The Hall–Kier alpha value is -2.40. The molecule has 1 saturated heterocycles. The number of piperidine rings is 1. The van der Waals surface area contributed by atoms with E-state index in [1.54, 1.807) is 6.07 Å². The Bertz CT molecular complexity index is 900. The molecule has 1 fully saturated rings. The molecule has 2 aromatic carbocycles. The number of hydrogen-bond donors (Lipinski definition) is 0. The fraction of sp³-hybridized carbons (Fsp3) is 0.409. The van der Waals surface area contributed by atoms with Gasteiger partial charge in [0, 0.05) is 23.9 Å². The van der Waals surface area contributed by atoms with Crippen LogP contribution in [0, 0.1) is 18.8 Å². The van der Waals surface area contributed by atoms with Crippen LogP contribution < -0.4 is 4.74 Å². The SMILES string of the molecule is Cc1c[c]ccc1OCCCN1CCC(c2onc3cc(F)ccc23)CC1. The Balaban J connectivity index is 1.25. The highest BCUT2D eigenvalue weighted by Gasteiger charge is 2.25. The van der Waals surface area contributed by atoms with E-state index in [4.69, 9.17) is 9.26 Å². The summed E-state index contributed by atoms with van der Waals surface area (Å²) in [6.07, 6.45) is 3.08. The second-order valence-electron chi connectivity index (χ2n) is 7.22. The van der Waals surface area contributed by atoms with Crippen LogP contribution in [-0.4, -0.2) is 36.3 Å². The van der Waals surface area contributed by atoms with Crippen molar-refractivity contribution in [1.82, 2.24) is 10.1 Å². The minimum Gasteiger partial charge on any atom is -0.493 e. The number of benzene rings is 2. The third kappa shape index (κ3) is 4.14. The van der Waals surface area contributed by atoms with E-state index >= 15 is 0 Å². The van der Waals surface area contributed by atoms with Crippen molar-refractivity contribution in [3.8, 4) is 5.75 Å². The Morgan fingerprint density at radius 1 is 1.30 bits per heavy atom. The second kappa shape index (κ2) is 8.09. The van der Waals surface area contributed by atoms with Crippen LogP contribution >= 0.6 is 0 Å². The van der Waals surface area contributed by atoms with Crippen molar-refractivity contribution >= 4 is 10.9 Å². The van der Waals surface area contributed by atoms with E-state index in [0.29, 0.717) is 11.4 Å². The van der Waals surface area contributed by atoms with Crippen molar-refractivity contribution < 1.29 is 13.7 Å². The standard InChI is InChI=1S/C22H24FN2O2/c1-16-5-2-3-6-21(16)26-14-4-11-25-12-9-17(10-13-25)22-19-8-7-18(23)15-20(19)24-27-22/h3,5-8,15,17H,4,9-14H2,1H3. The van der Waals surface area contributed by atoms with E-state index < -0.39 is 0 Å². The second-order valence-corrected chi connectivity index (χ2v) is 7.22. The summed E-state index contributed by atoms with van der Waals surface area (Å²) in [6.45, 7) is 5.87. The molecular formula is C22H24FN2O2. The van der Waals surface area contributed by atoms with E-state index in [2.05, 4.69) is 16.1 Å². The number of likely N-dealkylation sites (tertiary alicyclic amines) is 1. The minimum atomic E-state index is -0.275. The first-order valence-corrected chi connectivity index (χ1v) is 9.57. The molecule has 0 amide bonds. The zero-order chi connectivity index (χ0) is 18.6. The van der Waals surface area contributed by atoms with Gasteiger partial charge in [-0.05, 0) is 75.2 Å². The molecule has 1 aliphatic rings. The fourth-order valence-corrected chi connectivity index (χ4v) is 3.78. The molecule has 2 heterocycles. The molecule has 4 rings (SSSR count). The van der Waals surface area contributed by atoms with Gasteiger partial charge in [-0.3, -0.25) is 0 Å². The first-order valence-electron chi connectivity index (χ1n) is 9.57. The Labute approximate surface area is 158 Å². The molecule has 5 heteroatoms. The zero-order valence-electron chi connectivity index (χ0n) is 15.6. The summed E-state index contributed by atoms with van der Waals surface area (Å²) in [4.78, 5) is 2.48. The maximum atomic E-state index is 13.3. The molecule has 0 saturated carbocycles. The summed E-state index contributed by atoms with van der Waals surface area (Å²) in [5.41, 5.74) is 1.73. The highest BCUT2D eigenvalue weighted by Crippen LogP contribution is 2.33. The summed E-state index contributed by atoms with van der Waals surface area (Å²) in [6, 6.07) is 13.5. The lowest BCUT2D eigenvalue weighted by Crippen LogP contribution is -2.34. The van der Waals surface area contributed by atoms with Crippen molar-refractivity contribution in [3.05, 3.63) is 59.6 Å². The quantitative estimate of drug-likeness (QED) is 0.591. The molecule has 0 unspecified atom stereocenters. The number of halogens is 1. The fourth-order valence-electron chi connectivity index (χ4n) is 3.78. The minimum absolute atomic E-state index is 0.275. The van der Waals surface area contributed by atoms with Gasteiger partial charge in [-0.25, -0.2) is 4.39 Å². The monoisotopic (exact) mass is 367 g/mol. The topological polar surface area (TPSA) is 38.5 Å². The summed E-state index contributed by atoms with van der Waals surface area (Å²) < 4.78 is 24.7. The van der Waals surface area contributed by atoms with Crippen molar-refractivity contribution in [2.45, 2.75) is 32.1 Å². The molecule has 0 atom stereocenters. The van der Waals surface area contributed by atoms with Gasteiger partial charge < -0.3 is 14.2 Å². The molecule has 0 N–H and O–H groups in total. The van der Waals surface area contributed by atoms with Gasteiger partial charge >= 0.3 is 0 Å². The summed E-state index contributed by atoms with van der Waals surface area (Å²) in [5.74, 6) is 1.94. The third-order valence-corrected chi connectivity index (χ3v) is 5.32. The van der Waals surface area contributed by atoms with Gasteiger partial charge in [0.05, 0.1) is 6.61 Å². The lowest BCUT2D eigenvalue weighted by molar-refractivity contribution is 0.182. The molecule has 27 heavy (non-hydrogen) atoms. The summed E-state index contributed by atoms with van der Waals surface area (Å²) in [5, 5.41) is 4.97. The Morgan fingerprint density at radius 3 is 2.96 bits per heavy atom.